The van der Waals surface area contributed by atoms with Crippen LogP contribution < -0.4 is 15.8 Å². The van der Waals surface area contributed by atoms with Crippen LogP contribution in [0, 0.1) is 5.92 Å². The smallest absolute Gasteiger partial charge is 0.410 e. The summed E-state index contributed by atoms with van der Waals surface area (Å²) >= 11 is 0. The lowest BCUT2D eigenvalue weighted by Crippen LogP contribution is -2.69. The Balaban J connectivity index is 1.35. The van der Waals surface area contributed by atoms with Crippen molar-refractivity contribution in [1.29, 1.82) is 0 Å². The number of carbonyl (C=O) groups excluding carboxylic acids is 4. The molecule has 4 amide bonds. The van der Waals surface area contributed by atoms with Gasteiger partial charge < -0.3 is 20.7 Å². The van der Waals surface area contributed by atoms with E-state index in [4.69, 9.17) is 4.74 Å². The summed E-state index contributed by atoms with van der Waals surface area (Å²) in [5.74, 6) is -2.16. The van der Waals surface area contributed by atoms with Gasteiger partial charge in [-0.15, -0.1) is 0 Å². The van der Waals surface area contributed by atoms with Gasteiger partial charge in [0.05, 0.1) is 6.54 Å². The predicted octanol–water partition coefficient (Wildman–Crippen LogP) is 0.0366. The van der Waals surface area contributed by atoms with E-state index in [1.165, 1.54) is 19.0 Å². The molecule has 1 saturated heterocycles. The van der Waals surface area contributed by atoms with E-state index in [0.29, 0.717) is 19.5 Å². The Hall–Kier alpha value is -3.49. The number of hydrogen-bond donors (Lipinski definition) is 3. The highest BCUT2D eigenvalue weighted by Gasteiger charge is 2.61. The van der Waals surface area contributed by atoms with Gasteiger partial charge in [-0.25, -0.2) is 9.52 Å². The molecule has 5 rings (SSSR count). The first-order chi connectivity index (χ1) is 20.4. The normalized spacial score (nSPS) is 30.3. The van der Waals surface area contributed by atoms with Crippen molar-refractivity contribution in [2.45, 2.75) is 81.8 Å². The van der Waals surface area contributed by atoms with Crippen molar-refractivity contribution in [3.05, 3.63) is 47.5 Å². The number of benzene rings is 1. The Morgan fingerprint density at radius 2 is 1.81 bits per heavy atom. The molecule has 234 valence electrons. The number of rotatable bonds is 4. The molecule has 0 bridgehead atoms. The summed E-state index contributed by atoms with van der Waals surface area (Å²) < 4.78 is 33.7. The lowest BCUT2D eigenvalue weighted by Gasteiger charge is -2.27. The number of amides is 4. The zero-order chi connectivity index (χ0) is 30.9. The van der Waals surface area contributed by atoms with E-state index >= 15 is 0 Å². The topological polar surface area (TPSA) is 173 Å². The summed E-state index contributed by atoms with van der Waals surface area (Å²) in [5.41, 5.74) is 4.66. The molecule has 1 aliphatic carbocycles. The van der Waals surface area contributed by atoms with Crippen LogP contribution in [0.3, 0.4) is 0 Å². The van der Waals surface area contributed by atoms with Crippen LogP contribution in [0.4, 0.5) is 4.79 Å². The maximum Gasteiger partial charge on any atom is 0.410 e. The van der Waals surface area contributed by atoms with Gasteiger partial charge in [0.1, 0.15) is 17.7 Å². The molecule has 1 saturated carbocycles. The van der Waals surface area contributed by atoms with Crippen LogP contribution in [0.25, 0.3) is 0 Å². The molecule has 3 heterocycles. The molecule has 1 aromatic rings. The molecule has 5 atom stereocenters. The minimum absolute atomic E-state index is 0.0208. The van der Waals surface area contributed by atoms with Gasteiger partial charge in [-0.1, -0.05) is 42.8 Å². The number of carbonyl (C=O) groups is 4. The van der Waals surface area contributed by atoms with Crippen molar-refractivity contribution < 1.29 is 38.1 Å². The molecule has 4 aliphatic rings. The zero-order valence-corrected chi connectivity index (χ0v) is 25.5. The lowest BCUT2D eigenvalue weighted by molar-refractivity contribution is -0.407. The molecule has 0 spiro atoms. The molecule has 43 heavy (non-hydrogen) atoms. The Morgan fingerprint density at radius 3 is 2.49 bits per heavy atom. The van der Waals surface area contributed by atoms with E-state index in [2.05, 4.69) is 15.8 Å². The summed E-state index contributed by atoms with van der Waals surface area (Å²) in [6.07, 6.45) is 6.69. The average Bonchev–Trinajstić information content (AvgIpc) is 3.28. The van der Waals surface area contributed by atoms with Gasteiger partial charge in [-0.2, -0.15) is 12.7 Å². The Bertz CT molecular complexity index is 1390. The third-order valence-corrected chi connectivity index (χ3v) is 10.2. The highest BCUT2D eigenvalue weighted by molar-refractivity contribution is 7.87. The standard InChI is InChI=1S/C29H40N6O7S/c1-33(2)43(40,41)32-27(38)29-15-21(29)12-6-4-3-5-7-13-23(30)26(37)35-18-22(14-24(35)25(36)31-29)42-28(39)34-16-19-10-8-9-11-20(19)17-34/h6,8-12,21-24H,3-5,7,13-18,30H2,1-2H3,(H,31,36)(H,32,38)/p+1/b12-6-/t21-,22-,23+,24+,29-/m1/s1. The second-order valence-corrected chi connectivity index (χ2v) is 14.0. The number of allylic oxidation sites excluding steroid dienone is 1. The van der Waals surface area contributed by atoms with Gasteiger partial charge in [-0.3, -0.25) is 19.3 Å². The molecule has 14 heteroatoms. The van der Waals surface area contributed by atoms with E-state index in [9.17, 15) is 27.6 Å². The summed E-state index contributed by atoms with van der Waals surface area (Å²) in [5, 5.41) is 2.80. The SMILES string of the molecule is CN(C)S(=O)(=O)NC(=O)[C@@]12C[C@H]1/C=C\CCCCC[C@H]([NH3+])C(=O)N1C[C@H](OC(=O)N3Cc4ccccc4C3)C[C@H]1C(=O)N2. The number of quaternary nitrogens is 1. The largest absolute Gasteiger partial charge is 0.444 e. The number of hydrogen-bond acceptors (Lipinski definition) is 7. The Kier molecular flexibility index (Phi) is 8.82. The molecule has 3 aliphatic heterocycles. The van der Waals surface area contributed by atoms with Crippen molar-refractivity contribution in [3.8, 4) is 0 Å². The van der Waals surface area contributed by atoms with Gasteiger partial charge in [0.15, 0.2) is 6.04 Å². The van der Waals surface area contributed by atoms with Crippen molar-refractivity contribution in [1.82, 2.24) is 24.1 Å². The van der Waals surface area contributed by atoms with Gasteiger partial charge in [0.2, 0.25) is 5.91 Å². The molecule has 1 aromatic carbocycles. The third-order valence-electron chi connectivity index (χ3n) is 8.82. The molecular formula is C29H41N6O7S+. The average molecular weight is 618 g/mol. The summed E-state index contributed by atoms with van der Waals surface area (Å²) in [6.45, 7) is 0.849. The van der Waals surface area contributed by atoms with E-state index in [0.717, 1.165) is 41.1 Å². The lowest BCUT2D eigenvalue weighted by atomic mass is 10.1. The second kappa shape index (κ2) is 12.2. The van der Waals surface area contributed by atoms with Crippen molar-refractivity contribution in [3.63, 3.8) is 0 Å². The maximum absolute atomic E-state index is 13.8. The van der Waals surface area contributed by atoms with Crippen LogP contribution in [-0.2, 0) is 42.4 Å². The summed E-state index contributed by atoms with van der Waals surface area (Å²) in [7, 11) is -1.51. The number of fused-ring (bicyclic) bond motifs is 3. The minimum Gasteiger partial charge on any atom is -0.444 e. The minimum atomic E-state index is -4.10. The third kappa shape index (κ3) is 6.55. The van der Waals surface area contributed by atoms with Crippen LogP contribution in [0.15, 0.2) is 36.4 Å². The first kappa shape index (κ1) is 31.0. The van der Waals surface area contributed by atoms with E-state index in [1.54, 1.807) is 4.90 Å². The number of nitrogens with zero attached hydrogens (tertiary/aromatic N) is 3. The highest BCUT2D eigenvalue weighted by atomic mass is 32.2. The Labute approximate surface area is 251 Å². The maximum atomic E-state index is 13.8. The molecular weight excluding hydrogens is 576 g/mol. The van der Waals surface area contributed by atoms with Gasteiger partial charge in [-0.05, 0) is 36.8 Å². The quantitative estimate of drug-likeness (QED) is 0.400. The van der Waals surface area contributed by atoms with E-state index < -0.39 is 57.8 Å². The van der Waals surface area contributed by atoms with Gasteiger partial charge in [0, 0.05) is 45.9 Å². The predicted molar refractivity (Wildman–Crippen MR) is 155 cm³/mol. The molecule has 5 N–H and O–H groups in total. The van der Waals surface area contributed by atoms with Crippen LogP contribution in [0.2, 0.25) is 0 Å². The summed E-state index contributed by atoms with van der Waals surface area (Å²) in [6, 6.07) is 6.15. The molecule has 2 fully saturated rings. The van der Waals surface area contributed by atoms with Crippen LogP contribution >= 0.6 is 0 Å². The second-order valence-electron chi connectivity index (χ2n) is 12.1. The molecule has 0 radical (unpaired) electrons. The van der Waals surface area contributed by atoms with Gasteiger partial charge >= 0.3 is 16.3 Å². The van der Waals surface area contributed by atoms with Gasteiger partial charge in [0.25, 0.3) is 11.8 Å². The fourth-order valence-electron chi connectivity index (χ4n) is 6.09. The van der Waals surface area contributed by atoms with Crippen molar-refractivity contribution in [2.24, 2.45) is 5.92 Å². The zero-order valence-electron chi connectivity index (χ0n) is 24.7. The van der Waals surface area contributed by atoms with Crippen LogP contribution in [0.5, 0.6) is 0 Å². The Morgan fingerprint density at radius 1 is 1.12 bits per heavy atom. The van der Waals surface area contributed by atoms with E-state index in [1.807, 2.05) is 36.4 Å². The fraction of sp³-hybridized carbons (Fsp3) is 0.586. The molecule has 13 nitrogen and oxygen atoms in total. The first-order valence-corrected chi connectivity index (χ1v) is 16.2. The van der Waals surface area contributed by atoms with E-state index in [-0.39, 0.29) is 25.3 Å². The highest BCUT2D eigenvalue weighted by Crippen LogP contribution is 2.45. The monoisotopic (exact) mass is 617 g/mol. The fourth-order valence-corrected chi connectivity index (χ4v) is 6.69. The van der Waals surface area contributed by atoms with Crippen molar-refractivity contribution in [2.75, 3.05) is 20.6 Å². The van der Waals surface area contributed by atoms with Crippen LogP contribution in [0.1, 0.15) is 56.1 Å². The summed E-state index contributed by atoms with van der Waals surface area (Å²) in [4.78, 5) is 56.8. The first-order valence-electron chi connectivity index (χ1n) is 14.8. The van der Waals surface area contributed by atoms with Crippen molar-refractivity contribution >= 4 is 34.0 Å². The van der Waals surface area contributed by atoms with Crippen LogP contribution in [-0.4, -0.2) is 90.7 Å². The number of ether oxygens (including phenoxy) is 1. The molecule has 0 unspecified atom stereocenters. The number of nitrogens with one attached hydrogen (secondary N) is 2. The molecule has 0 aromatic heterocycles.